The highest BCUT2D eigenvalue weighted by Crippen LogP contribution is 2.33. The molecule has 1 N–H and O–H groups in total. The van der Waals surface area contributed by atoms with Gasteiger partial charge in [0.15, 0.2) is 0 Å². The molecule has 1 fully saturated rings. The predicted octanol–water partition coefficient (Wildman–Crippen LogP) is 4.05. The van der Waals surface area contributed by atoms with E-state index in [2.05, 4.69) is 34.0 Å². The van der Waals surface area contributed by atoms with Gasteiger partial charge in [-0.1, -0.05) is 36.4 Å². The van der Waals surface area contributed by atoms with Crippen LogP contribution in [0.1, 0.15) is 35.6 Å². The standard InChI is InChI=1S/C21H24F2N2O2/c1-15-5-2-3-6-18(15)19-7-4-12-25(19)14-20(26)24-13-16-8-10-17(11-9-16)27-21(22)23/h2-3,5-6,8-11,19,21H,4,7,12-14H2,1H3,(H,24,26). The van der Waals surface area contributed by atoms with Gasteiger partial charge in [-0.3, -0.25) is 9.69 Å². The van der Waals surface area contributed by atoms with E-state index in [9.17, 15) is 13.6 Å². The Labute approximate surface area is 158 Å². The number of carbonyl (C=O) groups excluding carboxylic acids is 1. The van der Waals surface area contributed by atoms with Gasteiger partial charge in [0.2, 0.25) is 5.91 Å². The normalized spacial score (nSPS) is 17.3. The highest BCUT2D eigenvalue weighted by Gasteiger charge is 2.28. The van der Waals surface area contributed by atoms with Crippen molar-refractivity contribution in [2.75, 3.05) is 13.1 Å². The van der Waals surface area contributed by atoms with Gasteiger partial charge in [-0.05, 0) is 55.1 Å². The Kier molecular flexibility index (Phi) is 6.40. The first-order chi connectivity index (χ1) is 13.0. The zero-order chi connectivity index (χ0) is 19.2. The highest BCUT2D eigenvalue weighted by atomic mass is 19.3. The fourth-order valence-corrected chi connectivity index (χ4v) is 3.56. The van der Waals surface area contributed by atoms with Crippen LogP contribution in [0, 0.1) is 6.92 Å². The van der Waals surface area contributed by atoms with Gasteiger partial charge in [0.05, 0.1) is 6.54 Å². The molecule has 144 valence electrons. The molecule has 27 heavy (non-hydrogen) atoms. The molecular formula is C21H24F2N2O2. The third-order valence-corrected chi connectivity index (χ3v) is 4.90. The molecule has 0 aromatic heterocycles. The SMILES string of the molecule is Cc1ccccc1C1CCCN1CC(=O)NCc1ccc(OC(F)F)cc1. The quantitative estimate of drug-likeness (QED) is 0.795. The van der Waals surface area contributed by atoms with Crippen molar-refractivity contribution in [3.63, 3.8) is 0 Å². The van der Waals surface area contributed by atoms with E-state index in [0.717, 1.165) is 24.9 Å². The monoisotopic (exact) mass is 374 g/mol. The van der Waals surface area contributed by atoms with E-state index in [1.807, 2.05) is 12.1 Å². The van der Waals surface area contributed by atoms with E-state index in [4.69, 9.17) is 0 Å². The average Bonchev–Trinajstić information content (AvgIpc) is 3.09. The minimum absolute atomic E-state index is 0.0385. The van der Waals surface area contributed by atoms with Crippen molar-refractivity contribution in [3.8, 4) is 5.75 Å². The largest absolute Gasteiger partial charge is 0.435 e. The van der Waals surface area contributed by atoms with E-state index >= 15 is 0 Å². The fourth-order valence-electron chi connectivity index (χ4n) is 3.56. The van der Waals surface area contributed by atoms with Gasteiger partial charge in [-0.2, -0.15) is 8.78 Å². The number of nitrogens with one attached hydrogen (secondary N) is 1. The van der Waals surface area contributed by atoms with Gasteiger partial charge in [0.25, 0.3) is 0 Å². The second-order valence-electron chi connectivity index (χ2n) is 6.78. The predicted molar refractivity (Wildman–Crippen MR) is 99.6 cm³/mol. The maximum Gasteiger partial charge on any atom is 0.387 e. The number of benzene rings is 2. The Bertz CT molecular complexity index is 765. The molecule has 2 aromatic rings. The maximum atomic E-state index is 12.4. The summed E-state index contributed by atoms with van der Waals surface area (Å²) in [5.41, 5.74) is 3.38. The molecule has 0 saturated carbocycles. The van der Waals surface area contributed by atoms with Gasteiger partial charge in [0, 0.05) is 12.6 Å². The average molecular weight is 374 g/mol. The molecule has 0 aliphatic carbocycles. The number of aryl methyl sites for hydroxylation is 1. The molecule has 1 aliphatic rings. The molecule has 2 aromatic carbocycles. The smallest absolute Gasteiger partial charge is 0.387 e. The summed E-state index contributed by atoms with van der Waals surface area (Å²) in [5.74, 6) is 0.0709. The van der Waals surface area contributed by atoms with Crippen LogP contribution >= 0.6 is 0 Å². The van der Waals surface area contributed by atoms with Crippen LogP contribution in [-0.4, -0.2) is 30.5 Å². The zero-order valence-electron chi connectivity index (χ0n) is 15.3. The summed E-state index contributed by atoms with van der Waals surface area (Å²) in [4.78, 5) is 14.6. The lowest BCUT2D eigenvalue weighted by Gasteiger charge is -2.25. The van der Waals surface area contributed by atoms with E-state index in [0.29, 0.717) is 13.1 Å². The molecule has 1 saturated heterocycles. The molecule has 0 radical (unpaired) electrons. The molecule has 0 spiro atoms. The first kappa shape index (κ1) is 19.3. The fraction of sp³-hybridized carbons (Fsp3) is 0.381. The molecule has 1 amide bonds. The number of likely N-dealkylation sites (tertiary alicyclic amines) is 1. The molecule has 1 aliphatic heterocycles. The summed E-state index contributed by atoms with van der Waals surface area (Å²) in [7, 11) is 0. The number of halogens is 2. The molecule has 1 heterocycles. The number of hydrogen-bond acceptors (Lipinski definition) is 3. The zero-order valence-corrected chi connectivity index (χ0v) is 15.3. The molecular weight excluding hydrogens is 350 g/mol. The molecule has 1 atom stereocenters. The van der Waals surface area contributed by atoms with Crippen molar-refractivity contribution < 1.29 is 18.3 Å². The first-order valence-electron chi connectivity index (χ1n) is 9.13. The number of hydrogen-bond donors (Lipinski definition) is 1. The molecule has 3 rings (SSSR count). The third kappa shape index (κ3) is 5.26. The molecule has 0 bridgehead atoms. The Morgan fingerprint density at radius 1 is 1.22 bits per heavy atom. The van der Waals surface area contributed by atoms with Gasteiger partial charge in [0.1, 0.15) is 5.75 Å². The van der Waals surface area contributed by atoms with E-state index < -0.39 is 6.61 Å². The summed E-state index contributed by atoms with van der Waals surface area (Å²) in [6, 6.07) is 14.9. The van der Waals surface area contributed by atoms with E-state index in [1.54, 1.807) is 12.1 Å². The Morgan fingerprint density at radius 2 is 1.96 bits per heavy atom. The van der Waals surface area contributed by atoms with Crippen LogP contribution in [0.25, 0.3) is 0 Å². The molecule has 1 unspecified atom stereocenters. The van der Waals surface area contributed by atoms with Crippen LogP contribution < -0.4 is 10.1 Å². The Hall–Kier alpha value is -2.47. The summed E-state index contributed by atoms with van der Waals surface area (Å²) >= 11 is 0. The minimum Gasteiger partial charge on any atom is -0.435 e. The lowest BCUT2D eigenvalue weighted by Crippen LogP contribution is -2.36. The van der Waals surface area contributed by atoms with Crippen molar-refractivity contribution in [2.45, 2.75) is 39.0 Å². The van der Waals surface area contributed by atoms with Crippen LogP contribution in [0.3, 0.4) is 0 Å². The highest BCUT2D eigenvalue weighted by molar-refractivity contribution is 5.78. The van der Waals surface area contributed by atoms with Crippen molar-refractivity contribution in [1.29, 1.82) is 0 Å². The number of carbonyl (C=O) groups is 1. The van der Waals surface area contributed by atoms with Gasteiger partial charge in [-0.15, -0.1) is 0 Å². The van der Waals surface area contributed by atoms with E-state index in [1.165, 1.54) is 23.3 Å². The van der Waals surface area contributed by atoms with Crippen LogP contribution in [0.4, 0.5) is 8.78 Å². The van der Waals surface area contributed by atoms with Crippen molar-refractivity contribution >= 4 is 5.91 Å². The first-order valence-corrected chi connectivity index (χ1v) is 9.13. The number of nitrogens with zero attached hydrogens (tertiary/aromatic N) is 1. The van der Waals surface area contributed by atoms with Crippen LogP contribution in [-0.2, 0) is 11.3 Å². The molecule has 6 heteroatoms. The van der Waals surface area contributed by atoms with Crippen LogP contribution in [0.5, 0.6) is 5.75 Å². The lowest BCUT2D eigenvalue weighted by atomic mass is 9.99. The lowest BCUT2D eigenvalue weighted by molar-refractivity contribution is -0.122. The summed E-state index contributed by atoms with van der Waals surface area (Å²) in [6.45, 7) is 0.888. The second kappa shape index (κ2) is 8.95. The number of rotatable bonds is 7. The van der Waals surface area contributed by atoms with Gasteiger partial charge >= 0.3 is 6.61 Å². The van der Waals surface area contributed by atoms with Gasteiger partial charge in [-0.25, -0.2) is 0 Å². The number of amides is 1. The van der Waals surface area contributed by atoms with E-state index in [-0.39, 0.29) is 17.7 Å². The third-order valence-electron chi connectivity index (χ3n) is 4.90. The second-order valence-corrected chi connectivity index (χ2v) is 6.78. The van der Waals surface area contributed by atoms with Gasteiger partial charge < -0.3 is 10.1 Å². The van der Waals surface area contributed by atoms with Crippen LogP contribution in [0.15, 0.2) is 48.5 Å². The minimum atomic E-state index is -2.84. The van der Waals surface area contributed by atoms with Crippen molar-refractivity contribution in [2.24, 2.45) is 0 Å². The Balaban J connectivity index is 1.52. The topological polar surface area (TPSA) is 41.6 Å². The number of ether oxygens (including phenoxy) is 1. The van der Waals surface area contributed by atoms with Crippen LogP contribution in [0.2, 0.25) is 0 Å². The summed E-state index contributed by atoms with van der Waals surface area (Å²) < 4.78 is 28.6. The van der Waals surface area contributed by atoms with Crippen molar-refractivity contribution in [1.82, 2.24) is 10.2 Å². The molecule has 4 nitrogen and oxygen atoms in total. The summed E-state index contributed by atoms with van der Waals surface area (Å²) in [5, 5.41) is 2.90. The number of alkyl halides is 2. The maximum absolute atomic E-state index is 12.4. The van der Waals surface area contributed by atoms with Crippen molar-refractivity contribution in [3.05, 3.63) is 65.2 Å². The Morgan fingerprint density at radius 3 is 2.67 bits per heavy atom. The summed E-state index contributed by atoms with van der Waals surface area (Å²) in [6.07, 6.45) is 2.14.